The zero-order valence-electron chi connectivity index (χ0n) is 20.8. The van der Waals surface area contributed by atoms with E-state index in [2.05, 4.69) is 20.8 Å². The van der Waals surface area contributed by atoms with Crippen LogP contribution in [0.25, 0.3) is 5.76 Å². The molecule has 0 aliphatic carbocycles. The summed E-state index contributed by atoms with van der Waals surface area (Å²) < 4.78 is 10.8. The lowest BCUT2D eigenvalue weighted by molar-refractivity contribution is -0.140. The molecule has 0 radical (unpaired) electrons. The molecular weight excluding hydrogens is 430 g/mol. The van der Waals surface area contributed by atoms with Crippen LogP contribution in [0, 0.1) is 0 Å². The summed E-state index contributed by atoms with van der Waals surface area (Å²) in [5.74, 6) is -0.774. The molecule has 0 spiro atoms. The number of hydrogen-bond acceptors (Lipinski definition) is 5. The maximum Gasteiger partial charge on any atom is 0.295 e. The summed E-state index contributed by atoms with van der Waals surface area (Å²) in [6.07, 6.45) is 1.48. The fourth-order valence-electron chi connectivity index (χ4n) is 4.09. The number of amides is 1. The predicted molar refractivity (Wildman–Crippen MR) is 133 cm³/mol. The second-order valence-corrected chi connectivity index (χ2v) is 9.58. The molecule has 2 aromatic carbocycles. The van der Waals surface area contributed by atoms with Gasteiger partial charge in [-0.3, -0.25) is 9.59 Å². The van der Waals surface area contributed by atoms with Crippen LogP contribution in [0.4, 0.5) is 0 Å². The normalized spacial score (nSPS) is 17.9. The van der Waals surface area contributed by atoms with E-state index in [-0.39, 0.29) is 16.7 Å². The van der Waals surface area contributed by atoms with Crippen LogP contribution in [-0.4, -0.2) is 48.6 Å². The lowest BCUT2D eigenvalue weighted by Crippen LogP contribution is -2.31. The minimum atomic E-state index is -0.675. The first-order chi connectivity index (χ1) is 16.2. The molecule has 182 valence electrons. The molecule has 0 bridgehead atoms. The lowest BCUT2D eigenvalue weighted by Gasteiger charge is -2.26. The van der Waals surface area contributed by atoms with Crippen LogP contribution in [0.15, 0.2) is 54.1 Å². The number of likely N-dealkylation sites (tertiary alicyclic amines) is 1. The van der Waals surface area contributed by atoms with Gasteiger partial charge in [-0.2, -0.15) is 0 Å². The predicted octanol–water partition coefficient (Wildman–Crippen LogP) is 5.23. The average molecular weight is 466 g/mol. The molecule has 1 aliphatic heterocycles. The summed E-state index contributed by atoms with van der Waals surface area (Å²) >= 11 is 0. The molecule has 1 atom stereocenters. The minimum Gasteiger partial charge on any atom is -0.507 e. The number of aliphatic hydroxyl groups excluding tert-OH is 1. The van der Waals surface area contributed by atoms with E-state index in [9.17, 15) is 14.7 Å². The second-order valence-electron chi connectivity index (χ2n) is 9.58. The molecule has 1 heterocycles. The van der Waals surface area contributed by atoms with Crippen molar-refractivity contribution >= 4 is 17.4 Å². The van der Waals surface area contributed by atoms with Gasteiger partial charge in [-0.05, 0) is 53.6 Å². The Morgan fingerprint density at radius 1 is 1.00 bits per heavy atom. The van der Waals surface area contributed by atoms with E-state index in [0.717, 1.165) is 17.5 Å². The Hall–Kier alpha value is -3.12. The van der Waals surface area contributed by atoms with E-state index in [1.165, 1.54) is 4.90 Å². The molecule has 0 aromatic heterocycles. The molecule has 1 unspecified atom stereocenters. The fraction of sp³-hybridized carbons (Fsp3) is 0.429. The van der Waals surface area contributed by atoms with Crippen LogP contribution in [0.1, 0.15) is 63.3 Å². The van der Waals surface area contributed by atoms with E-state index in [1.807, 2.05) is 31.2 Å². The minimum absolute atomic E-state index is 0.0274. The quantitative estimate of drug-likeness (QED) is 0.237. The third kappa shape index (κ3) is 5.50. The monoisotopic (exact) mass is 465 g/mol. The van der Waals surface area contributed by atoms with E-state index >= 15 is 0 Å². The smallest absolute Gasteiger partial charge is 0.295 e. The van der Waals surface area contributed by atoms with Crippen LogP contribution >= 0.6 is 0 Å². The summed E-state index contributed by atoms with van der Waals surface area (Å²) in [6.45, 7) is 9.84. The number of rotatable bonds is 9. The zero-order chi connectivity index (χ0) is 24.9. The Bertz CT molecular complexity index is 1030. The molecular formula is C28H35NO5. The van der Waals surface area contributed by atoms with Gasteiger partial charge < -0.3 is 19.5 Å². The van der Waals surface area contributed by atoms with Gasteiger partial charge in [0.05, 0.1) is 18.2 Å². The number of methoxy groups -OCH3 is 1. The number of ether oxygens (including phenoxy) is 2. The first-order valence-corrected chi connectivity index (χ1v) is 11.8. The molecule has 0 saturated carbocycles. The van der Waals surface area contributed by atoms with Crippen molar-refractivity contribution in [1.29, 1.82) is 0 Å². The van der Waals surface area contributed by atoms with Crippen molar-refractivity contribution in [2.75, 3.05) is 26.9 Å². The van der Waals surface area contributed by atoms with Crippen molar-refractivity contribution in [3.63, 3.8) is 0 Å². The maximum atomic E-state index is 13.1. The van der Waals surface area contributed by atoms with Crippen molar-refractivity contribution in [2.45, 2.75) is 52.0 Å². The Labute approximate surface area is 202 Å². The molecule has 1 amide bonds. The van der Waals surface area contributed by atoms with Gasteiger partial charge in [0.2, 0.25) is 0 Å². The Morgan fingerprint density at radius 2 is 1.65 bits per heavy atom. The van der Waals surface area contributed by atoms with Crippen molar-refractivity contribution in [3.05, 3.63) is 70.8 Å². The van der Waals surface area contributed by atoms with Gasteiger partial charge in [-0.15, -0.1) is 0 Å². The van der Waals surface area contributed by atoms with Crippen LogP contribution in [0.3, 0.4) is 0 Å². The van der Waals surface area contributed by atoms with Gasteiger partial charge >= 0.3 is 0 Å². The van der Waals surface area contributed by atoms with Crippen LogP contribution < -0.4 is 4.74 Å². The molecule has 1 fully saturated rings. The van der Waals surface area contributed by atoms with Crippen LogP contribution in [0.2, 0.25) is 0 Å². The number of benzene rings is 2. The van der Waals surface area contributed by atoms with Gasteiger partial charge in [-0.1, -0.05) is 52.0 Å². The number of aliphatic hydroxyl groups is 1. The highest BCUT2D eigenvalue weighted by atomic mass is 16.5. The molecule has 1 N–H and O–H groups in total. The average Bonchev–Trinajstić information content (AvgIpc) is 3.07. The Balaban J connectivity index is 2.05. The Kier molecular flexibility index (Phi) is 8.15. The number of carbonyl (C=O) groups excluding carboxylic acids is 2. The summed E-state index contributed by atoms with van der Waals surface area (Å²) in [6, 6.07) is 14.2. The highest BCUT2D eigenvalue weighted by molar-refractivity contribution is 6.46. The molecule has 6 nitrogen and oxygen atoms in total. The molecule has 3 rings (SSSR count). The van der Waals surface area contributed by atoms with Gasteiger partial charge in [0.1, 0.15) is 11.5 Å². The van der Waals surface area contributed by atoms with Crippen molar-refractivity contribution in [1.82, 2.24) is 4.90 Å². The number of carbonyl (C=O) groups is 2. The van der Waals surface area contributed by atoms with Crippen molar-refractivity contribution in [2.24, 2.45) is 0 Å². The zero-order valence-corrected chi connectivity index (χ0v) is 20.8. The van der Waals surface area contributed by atoms with Gasteiger partial charge in [0.25, 0.3) is 11.7 Å². The summed E-state index contributed by atoms with van der Waals surface area (Å²) in [4.78, 5) is 27.7. The highest BCUT2D eigenvalue weighted by Crippen LogP contribution is 2.40. The first kappa shape index (κ1) is 25.5. The Morgan fingerprint density at radius 3 is 2.21 bits per heavy atom. The number of nitrogens with zero attached hydrogens (tertiary/aromatic N) is 1. The summed E-state index contributed by atoms with van der Waals surface area (Å²) in [5.41, 5.74) is 2.48. The third-order valence-electron chi connectivity index (χ3n) is 5.98. The number of Topliss-reactive ketones (excluding diaryl/α,β-unsaturated/α-hetero) is 1. The number of ketones is 1. The summed E-state index contributed by atoms with van der Waals surface area (Å²) in [5, 5.41) is 11.2. The molecule has 6 heteroatoms. The van der Waals surface area contributed by atoms with Crippen molar-refractivity contribution in [3.8, 4) is 5.75 Å². The topological polar surface area (TPSA) is 76.1 Å². The molecule has 1 aliphatic rings. The first-order valence-electron chi connectivity index (χ1n) is 11.8. The van der Waals surface area contributed by atoms with Gasteiger partial charge in [0.15, 0.2) is 0 Å². The van der Waals surface area contributed by atoms with Gasteiger partial charge in [0, 0.05) is 25.8 Å². The molecule has 2 aromatic rings. The van der Waals surface area contributed by atoms with E-state index in [1.54, 1.807) is 31.4 Å². The van der Waals surface area contributed by atoms with Crippen LogP contribution in [0.5, 0.6) is 5.75 Å². The highest BCUT2D eigenvalue weighted by Gasteiger charge is 2.45. The second kappa shape index (κ2) is 10.9. The largest absolute Gasteiger partial charge is 0.507 e. The standard InChI is InChI=1S/C28H35NO5/c1-6-17-34-22-14-10-20(11-15-22)25(30)23-24(19-8-12-21(13-9-19)28(2,3)4)29(16-7-18-33-5)27(32)26(23)31/h8-15,24,30H,6-7,16-18H2,1-5H3/b25-23-. The molecule has 34 heavy (non-hydrogen) atoms. The SMILES string of the molecule is CCCOc1ccc(/C(O)=C2/C(=O)C(=O)N(CCCOC)C2c2ccc(C(C)(C)C)cc2)cc1. The van der Waals surface area contributed by atoms with Gasteiger partial charge in [-0.25, -0.2) is 0 Å². The van der Waals surface area contributed by atoms with E-state index < -0.39 is 17.7 Å². The summed E-state index contributed by atoms with van der Waals surface area (Å²) in [7, 11) is 1.60. The van der Waals surface area contributed by atoms with Crippen LogP contribution in [-0.2, 0) is 19.7 Å². The maximum absolute atomic E-state index is 13.1. The third-order valence-corrected chi connectivity index (χ3v) is 5.98. The van der Waals surface area contributed by atoms with E-state index in [4.69, 9.17) is 9.47 Å². The number of hydrogen-bond donors (Lipinski definition) is 1. The fourth-order valence-corrected chi connectivity index (χ4v) is 4.09. The van der Waals surface area contributed by atoms with E-state index in [0.29, 0.717) is 37.5 Å². The van der Waals surface area contributed by atoms with Crippen molar-refractivity contribution < 1.29 is 24.2 Å². The molecule has 1 saturated heterocycles. The lowest BCUT2D eigenvalue weighted by atomic mass is 9.85.